The van der Waals surface area contributed by atoms with Crippen molar-refractivity contribution in [1.82, 2.24) is 4.98 Å². The molecule has 2 rings (SSSR count). The largest absolute Gasteiger partial charge is 0.545 e. The second-order valence-electron chi connectivity index (χ2n) is 3.05. The van der Waals surface area contributed by atoms with E-state index in [9.17, 15) is 9.90 Å². The molecule has 1 aromatic heterocycles. The number of hydrogen-bond acceptors (Lipinski definition) is 3. The first kappa shape index (κ1) is 9.40. The van der Waals surface area contributed by atoms with Crippen LogP contribution in [-0.4, -0.2) is 11.0 Å². The second-order valence-corrected chi connectivity index (χ2v) is 3.05. The van der Waals surface area contributed by atoms with Gasteiger partial charge in [0, 0.05) is 17.3 Å². The van der Waals surface area contributed by atoms with Gasteiger partial charge in [-0.25, -0.2) is 0 Å². The molecule has 0 aliphatic carbocycles. The minimum absolute atomic E-state index is 0.163. The van der Waals surface area contributed by atoms with E-state index in [1.165, 1.54) is 6.07 Å². The van der Waals surface area contributed by atoms with E-state index in [1.807, 2.05) is 6.07 Å². The highest BCUT2D eigenvalue weighted by Crippen LogP contribution is 2.20. The molecule has 0 spiro atoms. The molecule has 0 aliphatic heterocycles. The fourth-order valence-corrected chi connectivity index (χ4v) is 1.41. The average molecular weight is 198 g/mol. The predicted molar refractivity (Wildman–Crippen MR) is 54.0 cm³/mol. The molecule has 1 aromatic carbocycles. The summed E-state index contributed by atoms with van der Waals surface area (Å²) in [6.07, 6.45) is 1.63. The van der Waals surface area contributed by atoms with Crippen LogP contribution in [0, 0.1) is 0 Å². The lowest BCUT2D eigenvalue weighted by molar-refractivity contribution is -0.254. The van der Waals surface area contributed by atoms with E-state index in [0.717, 1.165) is 0 Å². The van der Waals surface area contributed by atoms with Crippen molar-refractivity contribution >= 4 is 5.97 Å². The lowest BCUT2D eigenvalue weighted by Crippen LogP contribution is -2.23. The highest BCUT2D eigenvalue weighted by Gasteiger charge is 2.04. The maximum Gasteiger partial charge on any atom is 0.0722 e. The smallest absolute Gasteiger partial charge is 0.0722 e. The van der Waals surface area contributed by atoms with Crippen molar-refractivity contribution in [2.45, 2.75) is 0 Å². The molecule has 0 unspecified atom stereocenters. The van der Waals surface area contributed by atoms with Crippen LogP contribution in [0.15, 0.2) is 48.7 Å². The number of aromatic nitrogens is 1. The zero-order valence-corrected chi connectivity index (χ0v) is 7.88. The van der Waals surface area contributed by atoms with Crippen LogP contribution in [0.3, 0.4) is 0 Å². The molecular weight excluding hydrogens is 190 g/mol. The first-order valence-electron chi connectivity index (χ1n) is 4.51. The lowest BCUT2D eigenvalue weighted by Gasteiger charge is -2.08. The maximum absolute atomic E-state index is 10.9. The number of aromatic carboxylic acids is 1. The Balaban J connectivity index is 2.58. The highest BCUT2D eigenvalue weighted by atomic mass is 16.4. The number of carboxylic acids is 1. The summed E-state index contributed by atoms with van der Waals surface area (Å²) >= 11 is 0. The number of rotatable bonds is 2. The Morgan fingerprint density at radius 1 is 1.07 bits per heavy atom. The van der Waals surface area contributed by atoms with Gasteiger partial charge in [-0.3, -0.25) is 4.98 Å². The van der Waals surface area contributed by atoms with Crippen molar-refractivity contribution < 1.29 is 9.90 Å². The van der Waals surface area contributed by atoms with E-state index < -0.39 is 5.97 Å². The monoisotopic (exact) mass is 198 g/mol. The minimum Gasteiger partial charge on any atom is -0.545 e. The number of carbonyl (C=O) groups excluding carboxylic acids is 1. The van der Waals surface area contributed by atoms with Crippen molar-refractivity contribution in [2.75, 3.05) is 0 Å². The Bertz CT molecular complexity index is 480. The Morgan fingerprint density at radius 3 is 2.47 bits per heavy atom. The summed E-state index contributed by atoms with van der Waals surface area (Å²) < 4.78 is 0. The first-order valence-corrected chi connectivity index (χ1v) is 4.51. The Labute approximate surface area is 87.0 Å². The van der Waals surface area contributed by atoms with Gasteiger partial charge in [-0.1, -0.05) is 30.3 Å². The van der Waals surface area contributed by atoms with Gasteiger partial charge in [0.1, 0.15) is 0 Å². The summed E-state index contributed by atoms with van der Waals surface area (Å²) in [5.41, 5.74) is 1.38. The SMILES string of the molecule is O=C([O-])c1ccccc1-c1ccccn1. The molecule has 0 saturated carbocycles. The summed E-state index contributed by atoms with van der Waals surface area (Å²) in [6.45, 7) is 0. The predicted octanol–water partition coefficient (Wildman–Crippen LogP) is 1.11. The second kappa shape index (κ2) is 3.92. The van der Waals surface area contributed by atoms with Crippen LogP contribution < -0.4 is 5.11 Å². The van der Waals surface area contributed by atoms with Crippen LogP contribution in [-0.2, 0) is 0 Å². The molecule has 0 N–H and O–H groups in total. The van der Waals surface area contributed by atoms with Crippen molar-refractivity contribution in [1.29, 1.82) is 0 Å². The Kier molecular flexibility index (Phi) is 2.46. The molecule has 0 aliphatic rings. The van der Waals surface area contributed by atoms with E-state index in [2.05, 4.69) is 4.98 Å². The topological polar surface area (TPSA) is 53.0 Å². The van der Waals surface area contributed by atoms with Gasteiger partial charge in [-0.15, -0.1) is 0 Å². The van der Waals surface area contributed by atoms with Crippen LogP contribution in [0.1, 0.15) is 10.4 Å². The summed E-state index contributed by atoms with van der Waals surface area (Å²) in [6, 6.07) is 12.0. The number of nitrogens with zero attached hydrogens (tertiary/aromatic N) is 1. The van der Waals surface area contributed by atoms with Gasteiger partial charge in [0.25, 0.3) is 0 Å². The highest BCUT2D eigenvalue weighted by molar-refractivity contribution is 5.93. The Morgan fingerprint density at radius 2 is 1.80 bits per heavy atom. The van der Waals surface area contributed by atoms with Crippen LogP contribution in [0.5, 0.6) is 0 Å². The van der Waals surface area contributed by atoms with E-state index in [4.69, 9.17) is 0 Å². The van der Waals surface area contributed by atoms with E-state index in [0.29, 0.717) is 11.3 Å². The minimum atomic E-state index is -1.18. The van der Waals surface area contributed by atoms with Gasteiger partial charge >= 0.3 is 0 Å². The third-order valence-corrected chi connectivity index (χ3v) is 2.09. The first-order chi connectivity index (χ1) is 7.29. The van der Waals surface area contributed by atoms with Crippen LogP contribution in [0.2, 0.25) is 0 Å². The quantitative estimate of drug-likeness (QED) is 0.726. The van der Waals surface area contributed by atoms with Gasteiger partial charge < -0.3 is 9.90 Å². The molecule has 3 nitrogen and oxygen atoms in total. The fraction of sp³-hybridized carbons (Fsp3) is 0. The molecule has 3 heteroatoms. The third-order valence-electron chi connectivity index (χ3n) is 2.09. The van der Waals surface area contributed by atoms with Crippen molar-refractivity contribution in [2.24, 2.45) is 0 Å². The van der Waals surface area contributed by atoms with E-state index >= 15 is 0 Å². The molecule has 0 amide bonds. The molecule has 74 valence electrons. The molecule has 1 heterocycles. The van der Waals surface area contributed by atoms with Crippen molar-refractivity contribution in [3.8, 4) is 11.3 Å². The number of hydrogen-bond donors (Lipinski definition) is 0. The van der Waals surface area contributed by atoms with E-state index in [-0.39, 0.29) is 5.56 Å². The third kappa shape index (κ3) is 1.86. The lowest BCUT2D eigenvalue weighted by atomic mass is 10.0. The maximum atomic E-state index is 10.9. The number of benzene rings is 1. The average Bonchev–Trinajstić information content (AvgIpc) is 2.30. The number of pyridine rings is 1. The van der Waals surface area contributed by atoms with Crippen molar-refractivity contribution in [3.63, 3.8) is 0 Å². The molecule has 15 heavy (non-hydrogen) atoms. The summed E-state index contributed by atoms with van der Waals surface area (Å²) in [7, 11) is 0. The molecule has 0 bridgehead atoms. The summed E-state index contributed by atoms with van der Waals surface area (Å²) in [4.78, 5) is 15.0. The fourth-order valence-electron chi connectivity index (χ4n) is 1.41. The molecule has 0 radical (unpaired) electrons. The zero-order chi connectivity index (χ0) is 10.7. The van der Waals surface area contributed by atoms with Gasteiger partial charge in [0.15, 0.2) is 0 Å². The molecule has 0 saturated heterocycles. The standard InChI is InChI=1S/C12H9NO2/c14-12(15)10-6-2-1-5-9(10)11-7-3-4-8-13-11/h1-8H,(H,14,15)/p-1. The van der Waals surface area contributed by atoms with Crippen LogP contribution in [0.25, 0.3) is 11.3 Å². The van der Waals surface area contributed by atoms with Crippen LogP contribution in [0.4, 0.5) is 0 Å². The van der Waals surface area contributed by atoms with E-state index in [1.54, 1.807) is 36.5 Å². The molecule has 0 atom stereocenters. The molecule has 0 fully saturated rings. The number of carboxylic acid groups (broad SMARTS) is 1. The van der Waals surface area contributed by atoms with Gasteiger partial charge in [0.05, 0.1) is 11.7 Å². The summed E-state index contributed by atoms with van der Waals surface area (Å²) in [5.74, 6) is -1.18. The van der Waals surface area contributed by atoms with Gasteiger partial charge in [0.2, 0.25) is 0 Å². The van der Waals surface area contributed by atoms with Crippen LogP contribution >= 0.6 is 0 Å². The number of carbonyl (C=O) groups is 1. The van der Waals surface area contributed by atoms with Crippen molar-refractivity contribution in [3.05, 3.63) is 54.2 Å². The normalized spacial score (nSPS) is 9.87. The van der Waals surface area contributed by atoms with Gasteiger partial charge in [-0.2, -0.15) is 0 Å². The zero-order valence-electron chi connectivity index (χ0n) is 7.88. The summed E-state index contributed by atoms with van der Waals surface area (Å²) in [5, 5.41) is 10.9. The van der Waals surface area contributed by atoms with Gasteiger partial charge in [-0.05, 0) is 12.1 Å². The Hall–Kier alpha value is -2.16. The molecule has 2 aromatic rings. The molecular formula is C12H8NO2-.